The fraction of sp³-hybridized carbons (Fsp3) is 0.222. The van der Waals surface area contributed by atoms with Crippen molar-refractivity contribution in [3.8, 4) is 5.69 Å². The SMILES string of the molecule is Cc1ccc(-n2c(N3CCCC3)nc3cc(C(=O)Nc4cccc(C)c4)ccc3c2=O)cc1. The molecule has 0 spiro atoms. The fourth-order valence-electron chi connectivity index (χ4n) is 4.30. The van der Waals surface area contributed by atoms with Crippen molar-refractivity contribution in [2.45, 2.75) is 26.7 Å². The molecule has 5 rings (SSSR count). The van der Waals surface area contributed by atoms with Crippen LogP contribution in [0.25, 0.3) is 16.6 Å². The molecule has 33 heavy (non-hydrogen) atoms. The molecule has 6 nitrogen and oxygen atoms in total. The Bertz CT molecular complexity index is 1400. The maximum Gasteiger partial charge on any atom is 0.267 e. The van der Waals surface area contributed by atoms with Gasteiger partial charge in [-0.1, -0.05) is 29.8 Å². The van der Waals surface area contributed by atoms with Gasteiger partial charge in [-0.05, 0) is 74.7 Å². The predicted octanol–water partition coefficient (Wildman–Crippen LogP) is 4.86. The molecule has 1 saturated heterocycles. The first-order valence-electron chi connectivity index (χ1n) is 11.3. The lowest BCUT2D eigenvalue weighted by atomic mass is 10.1. The van der Waals surface area contributed by atoms with Crippen LogP contribution in [0.1, 0.15) is 34.3 Å². The molecule has 0 aliphatic carbocycles. The maximum atomic E-state index is 13.6. The summed E-state index contributed by atoms with van der Waals surface area (Å²) in [6.45, 7) is 5.72. The molecule has 0 bridgehead atoms. The van der Waals surface area contributed by atoms with Gasteiger partial charge in [0, 0.05) is 24.3 Å². The van der Waals surface area contributed by atoms with Crippen molar-refractivity contribution in [1.82, 2.24) is 9.55 Å². The molecule has 1 amide bonds. The second kappa shape index (κ2) is 8.54. The quantitative estimate of drug-likeness (QED) is 0.494. The summed E-state index contributed by atoms with van der Waals surface area (Å²) in [5.41, 5.74) is 4.60. The lowest BCUT2D eigenvalue weighted by Gasteiger charge is -2.22. The van der Waals surface area contributed by atoms with Gasteiger partial charge in [-0.25, -0.2) is 9.55 Å². The van der Waals surface area contributed by atoms with E-state index in [-0.39, 0.29) is 11.5 Å². The molecule has 1 N–H and O–H groups in total. The highest BCUT2D eigenvalue weighted by molar-refractivity contribution is 6.06. The molecule has 0 saturated carbocycles. The van der Waals surface area contributed by atoms with Gasteiger partial charge >= 0.3 is 0 Å². The Kier molecular flexibility index (Phi) is 5.42. The number of nitrogens with zero attached hydrogens (tertiary/aromatic N) is 3. The van der Waals surface area contributed by atoms with Crippen molar-refractivity contribution in [2.75, 3.05) is 23.3 Å². The second-order valence-electron chi connectivity index (χ2n) is 8.64. The molecule has 0 atom stereocenters. The molecule has 1 fully saturated rings. The van der Waals surface area contributed by atoms with Crippen LogP contribution in [0.5, 0.6) is 0 Å². The molecule has 3 aromatic carbocycles. The summed E-state index contributed by atoms with van der Waals surface area (Å²) in [5.74, 6) is 0.403. The molecule has 2 heterocycles. The summed E-state index contributed by atoms with van der Waals surface area (Å²) < 4.78 is 1.69. The number of carbonyl (C=O) groups excluding carboxylic acids is 1. The van der Waals surface area contributed by atoms with Crippen molar-refractivity contribution in [2.24, 2.45) is 0 Å². The van der Waals surface area contributed by atoms with E-state index >= 15 is 0 Å². The Labute approximate surface area is 192 Å². The summed E-state index contributed by atoms with van der Waals surface area (Å²) in [6.07, 6.45) is 2.14. The summed E-state index contributed by atoms with van der Waals surface area (Å²) >= 11 is 0. The Morgan fingerprint density at radius 1 is 0.909 bits per heavy atom. The first-order valence-corrected chi connectivity index (χ1v) is 11.3. The minimum Gasteiger partial charge on any atom is -0.342 e. The van der Waals surface area contributed by atoms with Crippen LogP contribution in [-0.4, -0.2) is 28.5 Å². The highest BCUT2D eigenvalue weighted by Gasteiger charge is 2.21. The van der Waals surface area contributed by atoms with Gasteiger partial charge in [0.25, 0.3) is 11.5 Å². The average molecular weight is 439 g/mol. The molecule has 1 aliphatic rings. The number of hydrogen-bond donors (Lipinski definition) is 1. The average Bonchev–Trinajstić information content (AvgIpc) is 3.34. The monoisotopic (exact) mass is 438 g/mol. The van der Waals surface area contributed by atoms with E-state index in [0.717, 1.165) is 48.4 Å². The van der Waals surface area contributed by atoms with Gasteiger partial charge in [0.2, 0.25) is 5.95 Å². The zero-order chi connectivity index (χ0) is 22.9. The number of hydrogen-bond acceptors (Lipinski definition) is 4. The van der Waals surface area contributed by atoms with Gasteiger partial charge in [0.05, 0.1) is 16.6 Å². The van der Waals surface area contributed by atoms with E-state index < -0.39 is 0 Å². The number of benzene rings is 3. The van der Waals surface area contributed by atoms with Crippen LogP contribution in [0.3, 0.4) is 0 Å². The summed E-state index contributed by atoms with van der Waals surface area (Å²) in [7, 11) is 0. The van der Waals surface area contributed by atoms with Gasteiger partial charge in [-0.3, -0.25) is 9.59 Å². The van der Waals surface area contributed by atoms with E-state index in [1.807, 2.05) is 62.4 Å². The van der Waals surface area contributed by atoms with Crippen LogP contribution in [0.15, 0.2) is 71.5 Å². The molecular formula is C27H26N4O2. The molecule has 0 radical (unpaired) electrons. The van der Waals surface area contributed by atoms with Crippen LogP contribution in [0.2, 0.25) is 0 Å². The van der Waals surface area contributed by atoms with Crippen LogP contribution in [0.4, 0.5) is 11.6 Å². The van der Waals surface area contributed by atoms with Gasteiger partial charge in [0.1, 0.15) is 0 Å². The van der Waals surface area contributed by atoms with Gasteiger partial charge in [0.15, 0.2) is 0 Å². The normalized spacial score (nSPS) is 13.5. The Hall–Kier alpha value is -3.93. The van der Waals surface area contributed by atoms with Gasteiger partial charge < -0.3 is 10.2 Å². The number of fused-ring (bicyclic) bond motifs is 1. The largest absolute Gasteiger partial charge is 0.342 e. The number of amides is 1. The lowest BCUT2D eigenvalue weighted by molar-refractivity contribution is 0.102. The molecule has 6 heteroatoms. The van der Waals surface area contributed by atoms with Crippen molar-refractivity contribution < 1.29 is 4.79 Å². The summed E-state index contributed by atoms with van der Waals surface area (Å²) in [6, 6.07) is 20.7. The van der Waals surface area contributed by atoms with E-state index in [1.54, 1.807) is 22.8 Å². The third-order valence-corrected chi connectivity index (χ3v) is 6.07. The van der Waals surface area contributed by atoms with Gasteiger partial charge in [-0.15, -0.1) is 0 Å². The fourth-order valence-corrected chi connectivity index (χ4v) is 4.30. The number of rotatable bonds is 4. The Morgan fingerprint density at radius 2 is 1.67 bits per heavy atom. The predicted molar refractivity (Wildman–Crippen MR) is 133 cm³/mol. The van der Waals surface area contributed by atoms with E-state index in [4.69, 9.17) is 4.98 Å². The Balaban J connectivity index is 1.60. The van der Waals surface area contributed by atoms with E-state index in [2.05, 4.69) is 10.2 Å². The molecule has 166 valence electrons. The number of aryl methyl sites for hydroxylation is 2. The number of carbonyl (C=O) groups is 1. The highest BCUT2D eigenvalue weighted by Crippen LogP contribution is 2.24. The third-order valence-electron chi connectivity index (χ3n) is 6.07. The lowest BCUT2D eigenvalue weighted by Crippen LogP contribution is -2.30. The van der Waals surface area contributed by atoms with E-state index in [0.29, 0.717) is 22.4 Å². The summed E-state index contributed by atoms with van der Waals surface area (Å²) in [4.78, 5) is 33.5. The number of anilines is 2. The molecular weight excluding hydrogens is 412 g/mol. The van der Waals surface area contributed by atoms with Crippen molar-refractivity contribution in [1.29, 1.82) is 0 Å². The molecule has 0 unspecified atom stereocenters. The minimum atomic E-state index is -0.227. The van der Waals surface area contributed by atoms with Crippen molar-refractivity contribution >= 4 is 28.4 Å². The van der Waals surface area contributed by atoms with Crippen molar-refractivity contribution in [3.05, 3.63) is 93.8 Å². The zero-order valence-electron chi connectivity index (χ0n) is 18.8. The molecule has 1 aliphatic heterocycles. The molecule has 4 aromatic rings. The van der Waals surface area contributed by atoms with E-state index in [1.165, 1.54) is 0 Å². The second-order valence-corrected chi connectivity index (χ2v) is 8.64. The smallest absolute Gasteiger partial charge is 0.267 e. The van der Waals surface area contributed by atoms with Crippen molar-refractivity contribution in [3.63, 3.8) is 0 Å². The van der Waals surface area contributed by atoms with Crippen LogP contribution in [-0.2, 0) is 0 Å². The maximum absolute atomic E-state index is 13.6. The van der Waals surface area contributed by atoms with Crippen LogP contribution >= 0.6 is 0 Å². The third kappa shape index (κ3) is 4.12. The first-order chi connectivity index (χ1) is 16.0. The minimum absolute atomic E-state index is 0.128. The standard InChI is InChI=1S/C27H26N4O2/c1-18-8-11-22(12-9-18)31-26(33)23-13-10-20(25(32)28-21-7-5-6-19(2)16-21)17-24(23)29-27(31)30-14-3-4-15-30/h5-13,16-17H,3-4,14-15H2,1-2H3,(H,28,32). The highest BCUT2D eigenvalue weighted by atomic mass is 16.1. The van der Waals surface area contributed by atoms with Crippen LogP contribution in [0, 0.1) is 13.8 Å². The molecule has 1 aromatic heterocycles. The van der Waals surface area contributed by atoms with Crippen LogP contribution < -0.4 is 15.8 Å². The summed E-state index contributed by atoms with van der Waals surface area (Å²) in [5, 5.41) is 3.42. The number of aromatic nitrogens is 2. The number of nitrogens with one attached hydrogen (secondary N) is 1. The topological polar surface area (TPSA) is 67.2 Å². The zero-order valence-corrected chi connectivity index (χ0v) is 18.8. The van der Waals surface area contributed by atoms with E-state index in [9.17, 15) is 9.59 Å². The van der Waals surface area contributed by atoms with Gasteiger partial charge in [-0.2, -0.15) is 0 Å². The first kappa shape index (κ1) is 20.9. The Morgan fingerprint density at radius 3 is 2.39 bits per heavy atom.